The fourth-order valence-electron chi connectivity index (χ4n) is 2.54. The average molecular weight is 476 g/mol. The van der Waals surface area contributed by atoms with Gasteiger partial charge in [0.05, 0.1) is 11.4 Å². The molecule has 148 valence electrons. The molecule has 0 bridgehead atoms. The number of ketones is 1. The molecule has 0 saturated carbocycles. The average Bonchev–Trinajstić information content (AvgIpc) is 2.95. The summed E-state index contributed by atoms with van der Waals surface area (Å²) >= 11 is 4.02. The van der Waals surface area contributed by atoms with Crippen molar-refractivity contribution in [3.63, 3.8) is 0 Å². The van der Waals surface area contributed by atoms with Crippen LogP contribution in [-0.4, -0.2) is 46.1 Å². The Kier molecular flexibility index (Phi) is 6.50. The first-order valence-corrected chi connectivity index (χ1v) is 9.94. The van der Waals surface area contributed by atoms with Crippen LogP contribution in [0.25, 0.3) is 6.08 Å². The first-order valence-electron chi connectivity index (χ1n) is 8.33. The van der Waals surface area contributed by atoms with E-state index in [1.54, 1.807) is 48.5 Å². The summed E-state index contributed by atoms with van der Waals surface area (Å²) < 4.78 is 5.92. The molecule has 7 nitrogen and oxygen atoms in total. The molecule has 0 radical (unpaired) electrons. The summed E-state index contributed by atoms with van der Waals surface area (Å²) in [5, 5.41) is 8.26. The molecule has 0 spiro atoms. The van der Waals surface area contributed by atoms with Crippen LogP contribution in [0.1, 0.15) is 15.9 Å². The number of Topliss-reactive ketones (excluding diaryl/α,β-unsaturated/α-hetero) is 1. The number of hydrogen-bond acceptors (Lipinski definition) is 6. The van der Waals surface area contributed by atoms with Gasteiger partial charge < -0.3 is 9.84 Å². The largest absolute Gasteiger partial charge is 0.481 e. The molecular weight excluding hydrogens is 462 g/mol. The van der Waals surface area contributed by atoms with Gasteiger partial charge in [0.15, 0.2) is 12.4 Å². The number of carboxylic acids is 1. The van der Waals surface area contributed by atoms with Crippen LogP contribution in [0.2, 0.25) is 0 Å². The van der Waals surface area contributed by atoms with Gasteiger partial charge in [-0.15, -0.1) is 0 Å². The van der Waals surface area contributed by atoms with E-state index in [0.29, 0.717) is 27.4 Å². The molecule has 1 saturated heterocycles. The number of ether oxygens (including phenoxy) is 1. The third-order valence-corrected chi connectivity index (χ3v) is 5.28. The van der Waals surface area contributed by atoms with Crippen molar-refractivity contribution in [2.24, 2.45) is 0 Å². The summed E-state index contributed by atoms with van der Waals surface area (Å²) in [6.45, 7) is -0.900. The van der Waals surface area contributed by atoms with E-state index in [1.807, 2.05) is 0 Å². The number of carbonyl (C=O) groups excluding carboxylic acids is 3. The minimum absolute atomic E-state index is 0.120. The first-order chi connectivity index (χ1) is 13.8. The van der Waals surface area contributed by atoms with Gasteiger partial charge >= 0.3 is 5.97 Å². The van der Waals surface area contributed by atoms with Gasteiger partial charge in [-0.2, -0.15) is 0 Å². The van der Waals surface area contributed by atoms with Crippen LogP contribution < -0.4 is 4.74 Å². The van der Waals surface area contributed by atoms with Crippen molar-refractivity contribution in [2.75, 3.05) is 13.2 Å². The molecule has 1 N–H and O–H groups in total. The summed E-state index contributed by atoms with van der Waals surface area (Å²) in [6, 6.07) is 13.3. The second-order valence-corrected chi connectivity index (χ2v) is 7.83. The molecule has 2 amide bonds. The standard InChI is InChI=1S/C20H14BrNO6S/c21-14-6-7-16(28-11-18(24)25)13(8-14)9-17-19(26)22(20(27)29-17)10-15(23)12-4-2-1-3-5-12/h1-9H,10-11H2,(H,24,25)/b17-9+. The van der Waals surface area contributed by atoms with Gasteiger partial charge in [-0.3, -0.25) is 19.3 Å². The van der Waals surface area contributed by atoms with E-state index in [9.17, 15) is 19.2 Å². The highest BCUT2D eigenvalue weighted by atomic mass is 79.9. The zero-order chi connectivity index (χ0) is 21.0. The Balaban J connectivity index is 1.82. The molecule has 0 unspecified atom stereocenters. The molecule has 1 heterocycles. The zero-order valence-corrected chi connectivity index (χ0v) is 17.2. The SMILES string of the molecule is O=C(O)COc1ccc(Br)cc1/C=C1/SC(=O)N(CC(=O)c2ccccc2)C1=O. The quantitative estimate of drug-likeness (QED) is 0.479. The van der Waals surface area contributed by atoms with Crippen LogP contribution in [0.4, 0.5) is 4.79 Å². The molecule has 1 aliphatic rings. The number of thioether (sulfide) groups is 1. The summed E-state index contributed by atoms with van der Waals surface area (Å²) in [7, 11) is 0. The number of nitrogens with zero attached hydrogens (tertiary/aromatic N) is 1. The van der Waals surface area contributed by atoms with Gasteiger partial charge in [0, 0.05) is 15.6 Å². The highest BCUT2D eigenvalue weighted by Gasteiger charge is 2.36. The molecule has 0 aliphatic carbocycles. The Morgan fingerprint density at radius 3 is 2.55 bits per heavy atom. The topological polar surface area (TPSA) is 101 Å². The monoisotopic (exact) mass is 475 g/mol. The number of carboxylic acid groups (broad SMARTS) is 1. The van der Waals surface area contributed by atoms with Crippen molar-refractivity contribution >= 4 is 56.7 Å². The normalized spacial score (nSPS) is 15.1. The number of benzene rings is 2. The molecule has 3 rings (SSSR count). The predicted octanol–water partition coefficient (Wildman–Crippen LogP) is 3.83. The maximum atomic E-state index is 12.7. The van der Waals surface area contributed by atoms with Crippen molar-refractivity contribution in [3.8, 4) is 5.75 Å². The molecule has 1 aliphatic heterocycles. The smallest absolute Gasteiger partial charge is 0.341 e. The van der Waals surface area contributed by atoms with E-state index in [2.05, 4.69) is 15.9 Å². The van der Waals surface area contributed by atoms with Gasteiger partial charge in [0.2, 0.25) is 0 Å². The van der Waals surface area contributed by atoms with Gasteiger partial charge in [0.1, 0.15) is 5.75 Å². The van der Waals surface area contributed by atoms with Crippen LogP contribution in [0.5, 0.6) is 5.75 Å². The van der Waals surface area contributed by atoms with Gasteiger partial charge in [-0.25, -0.2) is 4.79 Å². The van der Waals surface area contributed by atoms with E-state index in [4.69, 9.17) is 9.84 Å². The lowest BCUT2D eigenvalue weighted by atomic mass is 10.1. The van der Waals surface area contributed by atoms with Crippen molar-refractivity contribution in [1.82, 2.24) is 4.90 Å². The Morgan fingerprint density at radius 1 is 1.14 bits per heavy atom. The lowest BCUT2D eigenvalue weighted by Gasteiger charge is -2.11. The van der Waals surface area contributed by atoms with E-state index in [1.165, 1.54) is 6.08 Å². The molecule has 9 heteroatoms. The number of hydrogen-bond donors (Lipinski definition) is 1. The van der Waals surface area contributed by atoms with E-state index >= 15 is 0 Å². The predicted molar refractivity (Wildman–Crippen MR) is 111 cm³/mol. The first kappa shape index (κ1) is 20.8. The fourth-order valence-corrected chi connectivity index (χ4v) is 3.75. The molecular formula is C20H14BrNO6S. The molecule has 29 heavy (non-hydrogen) atoms. The van der Waals surface area contributed by atoms with E-state index < -0.39 is 23.7 Å². The summed E-state index contributed by atoms with van der Waals surface area (Å²) in [5.74, 6) is -1.82. The lowest BCUT2D eigenvalue weighted by molar-refractivity contribution is -0.139. The van der Waals surface area contributed by atoms with Crippen LogP contribution in [0.15, 0.2) is 57.9 Å². The fraction of sp³-hybridized carbons (Fsp3) is 0.100. The van der Waals surface area contributed by atoms with Crippen LogP contribution >= 0.6 is 27.7 Å². The van der Waals surface area contributed by atoms with Crippen LogP contribution in [-0.2, 0) is 9.59 Å². The summed E-state index contributed by atoms with van der Waals surface area (Å²) in [4.78, 5) is 49.1. The van der Waals surface area contributed by atoms with Crippen LogP contribution in [0, 0.1) is 0 Å². The van der Waals surface area contributed by atoms with Crippen molar-refractivity contribution in [1.29, 1.82) is 0 Å². The van der Waals surface area contributed by atoms with Crippen molar-refractivity contribution in [2.45, 2.75) is 0 Å². The minimum Gasteiger partial charge on any atom is -0.481 e. The number of rotatable bonds is 7. The maximum absolute atomic E-state index is 12.7. The van der Waals surface area contributed by atoms with Gasteiger partial charge in [0.25, 0.3) is 11.1 Å². The van der Waals surface area contributed by atoms with Crippen molar-refractivity contribution < 1.29 is 29.0 Å². The van der Waals surface area contributed by atoms with Crippen LogP contribution in [0.3, 0.4) is 0 Å². The number of aliphatic carboxylic acids is 1. The molecule has 2 aromatic carbocycles. The molecule has 0 atom stereocenters. The molecule has 1 fully saturated rings. The molecule has 2 aromatic rings. The maximum Gasteiger partial charge on any atom is 0.341 e. The highest BCUT2D eigenvalue weighted by Crippen LogP contribution is 2.35. The van der Waals surface area contributed by atoms with E-state index in [-0.39, 0.29) is 23.0 Å². The second-order valence-electron chi connectivity index (χ2n) is 5.92. The number of carbonyl (C=O) groups is 4. The van der Waals surface area contributed by atoms with Gasteiger partial charge in [-0.1, -0.05) is 46.3 Å². The number of imide groups is 1. The highest BCUT2D eigenvalue weighted by molar-refractivity contribution is 9.10. The summed E-state index contributed by atoms with van der Waals surface area (Å²) in [6.07, 6.45) is 1.44. The summed E-state index contributed by atoms with van der Waals surface area (Å²) in [5.41, 5.74) is 0.840. The number of amides is 2. The number of halogens is 1. The van der Waals surface area contributed by atoms with E-state index in [0.717, 1.165) is 4.90 Å². The lowest BCUT2D eigenvalue weighted by Crippen LogP contribution is -2.33. The second kappa shape index (κ2) is 9.06. The Labute approximate surface area is 178 Å². The van der Waals surface area contributed by atoms with Gasteiger partial charge in [-0.05, 0) is 36.0 Å². The molecule has 0 aromatic heterocycles. The minimum atomic E-state index is -1.14. The third kappa shape index (κ3) is 5.12. The zero-order valence-electron chi connectivity index (χ0n) is 14.8. The Hall–Kier alpha value is -2.91. The Bertz CT molecular complexity index is 1020. The third-order valence-electron chi connectivity index (χ3n) is 3.88. The Morgan fingerprint density at radius 2 is 1.86 bits per heavy atom. The van der Waals surface area contributed by atoms with Crippen molar-refractivity contribution in [3.05, 3.63) is 69.0 Å².